The fourth-order valence-corrected chi connectivity index (χ4v) is 11.8. The number of carbonyl (C=O) groups is 5. The van der Waals surface area contributed by atoms with Gasteiger partial charge < -0.3 is 64.4 Å². The molecule has 2 saturated heterocycles. The lowest BCUT2D eigenvalue weighted by atomic mass is 9.78. The van der Waals surface area contributed by atoms with E-state index in [1.807, 2.05) is 0 Å². The summed E-state index contributed by atoms with van der Waals surface area (Å²) in [5.41, 5.74) is -0.489. The van der Waals surface area contributed by atoms with Crippen LogP contribution >= 0.6 is 0 Å². The van der Waals surface area contributed by atoms with E-state index in [2.05, 4.69) is 34.4 Å². The number of imidazole rings is 1. The van der Waals surface area contributed by atoms with Crippen LogP contribution in [0.25, 0.3) is 0 Å². The van der Waals surface area contributed by atoms with E-state index < -0.39 is 107 Å². The lowest BCUT2D eigenvalue weighted by molar-refractivity contribution is -0.165. The van der Waals surface area contributed by atoms with Crippen molar-refractivity contribution in [3.05, 3.63) is 88.0 Å². The molecule has 1 aliphatic carbocycles. The molecule has 2 amide bonds. The quantitative estimate of drug-likeness (QED) is 0.155. The minimum Gasteiger partial charge on any atom is -0.507 e. The molecule has 10 atom stereocenters. The summed E-state index contributed by atoms with van der Waals surface area (Å²) in [6.07, 6.45) is 7.18. The van der Waals surface area contributed by atoms with Gasteiger partial charge >= 0.3 is 11.8 Å². The number of Topliss-reactive ketones (excluding diaryl/α,β-unsaturated/α-hetero) is 2. The Bertz CT molecular complexity index is 2800. The number of carbonyl (C=O) groups excluding carboxylic acids is 5. The van der Waals surface area contributed by atoms with E-state index >= 15 is 0 Å². The lowest BCUT2D eigenvalue weighted by Gasteiger charge is -2.38. The van der Waals surface area contributed by atoms with E-state index in [4.69, 9.17) is 23.9 Å². The summed E-state index contributed by atoms with van der Waals surface area (Å²) in [7, 11) is 3.24. The number of aliphatic hydroxyl groups excluding tert-OH is 3. The molecule has 5 bridgehead atoms. The Balaban J connectivity index is 1.11. The number of phenols is 1. The standard InChI is InChI=1S/C57H77N7O13/c1-29(2)28-63-23-18-57(19-24-63)60-43-40-41-48(69)35(8)52-42(40)53(72)56(9,77-52)75-26-17-37(74-11)32(5)51(76-39(66)27-38(65)64-21-15-36(16-22-64)49(70)54-58-20-25-62(54)10)34(7)47(68)33(6)46(67)30(3)13-12-14-31(4)55(73)59-45(50(41)71)44(43)61-57/h12-14,17,20,25-26,29-30,32-34,36-37,46-47,49,51,61,67-70H,15-16,18-19,21-24,27-28H2,1-11H3,(H,59,73)/b13-12+,26-17+,31-14-/t30-,32+,33+,34+,37-,46-,47+,49+,51+,56-/m0/s1. The van der Waals surface area contributed by atoms with Gasteiger partial charge in [-0.1, -0.05) is 59.8 Å². The fraction of sp³-hybridized carbons (Fsp3) is 0.596. The number of nitrogens with one attached hydrogen (secondary N) is 2. The molecule has 418 valence electrons. The van der Waals surface area contributed by atoms with Crippen LogP contribution < -0.4 is 15.4 Å². The van der Waals surface area contributed by atoms with Crippen LogP contribution in [0.2, 0.25) is 0 Å². The normalized spacial score (nSPS) is 31.2. The molecule has 1 aromatic carbocycles. The van der Waals surface area contributed by atoms with Crippen molar-refractivity contribution >= 4 is 35.1 Å². The number of likely N-dealkylation sites (tertiary alicyclic amines) is 2. The molecule has 9 rings (SSSR count). The third-order valence-corrected chi connectivity index (χ3v) is 16.7. The molecule has 6 aliphatic heterocycles. The Morgan fingerprint density at radius 3 is 2.26 bits per heavy atom. The fourth-order valence-electron chi connectivity index (χ4n) is 11.8. The minimum absolute atomic E-state index is 0.00817. The number of aromatic hydroxyl groups is 1. The molecule has 0 unspecified atom stereocenters. The Labute approximate surface area is 450 Å². The summed E-state index contributed by atoms with van der Waals surface area (Å²) < 4.78 is 26.4. The van der Waals surface area contributed by atoms with Gasteiger partial charge in [-0.25, -0.2) is 4.98 Å². The van der Waals surface area contributed by atoms with Crippen LogP contribution in [0.4, 0.5) is 0 Å². The number of fused-ring (bicyclic) bond motifs is 13. The van der Waals surface area contributed by atoms with Gasteiger partial charge in [-0.2, -0.15) is 0 Å². The number of piperidine rings is 2. The third kappa shape index (κ3) is 11.1. The Hall–Kier alpha value is -6.19. The predicted octanol–water partition coefficient (Wildman–Crippen LogP) is 4.69. The number of amides is 2. The van der Waals surface area contributed by atoms with Gasteiger partial charge in [0.1, 0.15) is 47.3 Å². The molecule has 7 heterocycles. The number of ketones is 2. The van der Waals surface area contributed by atoms with Crippen molar-refractivity contribution in [3.63, 3.8) is 0 Å². The zero-order valence-electron chi connectivity index (χ0n) is 46.2. The maximum absolute atomic E-state index is 15.0. The number of esters is 1. The van der Waals surface area contributed by atoms with Crippen LogP contribution in [0.1, 0.15) is 131 Å². The SMILES string of the molecule is CO[C@H]1/C=C/O[C@@]2(C)Oc3c(C)c(O)c4c(c3C2=O)C2=NC3(CCN(CC(C)C)CC3)NC2=C(NC(=O)/C(C)=C\C=C\[C@H](C)[C@H](O)[C@@H](C)[C@@H](O)[C@@H](C)[C@H](OC(=O)CC(=O)N2CCC([C@@H](O)c3nccn3C)CC2)[C@@H]1C)C4=O. The van der Waals surface area contributed by atoms with Gasteiger partial charge in [0.2, 0.25) is 11.7 Å². The maximum atomic E-state index is 15.0. The first-order valence-corrected chi connectivity index (χ1v) is 27.0. The zero-order valence-corrected chi connectivity index (χ0v) is 46.2. The number of ether oxygens (including phenoxy) is 4. The first-order chi connectivity index (χ1) is 36.4. The van der Waals surface area contributed by atoms with Crippen molar-refractivity contribution < 1.29 is 63.3 Å². The van der Waals surface area contributed by atoms with Crippen molar-refractivity contribution in [2.75, 3.05) is 39.8 Å². The molecular weight excluding hydrogens is 991 g/mol. The molecule has 20 nitrogen and oxygen atoms in total. The number of aliphatic imine (C=N–C) groups is 1. The van der Waals surface area contributed by atoms with Crippen LogP contribution in [0.15, 0.2) is 64.9 Å². The van der Waals surface area contributed by atoms with E-state index in [1.54, 1.807) is 75.7 Å². The van der Waals surface area contributed by atoms with Gasteiger partial charge in [0.05, 0.1) is 47.1 Å². The minimum atomic E-state index is -2.05. The van der Waals surface area contributed by atoms with Gasteiger partial charge in [-0.05, 0) is 44.6 Å². The molecule has 7 aliphatic rings. The van der Waals surface area contributed by atoms with Crippen molar-refractivity contribution in [2.45, 2.75) is 136 Å². The highest BCUT2D eigenvalue weighted by atomic mass is 16.7. The van der Waals surface area contributed by atoms with Gasteiger partial charge in [-0.15, -0.1) is 0 Å². The first-order valence-electron chi connectivity index (χ1n) is 27.0. The molecule has 0 saturated carbocycles. The molecular formula is C57H77N7O13. The lowest BCUT2D eigenvalue weighted by Crippen LogP contribution is -2.50. The zero-order chi connectivity index (χ0) is 56.0. The molecule has 1 aromatic heterocycles. The number of allylic oxidation sites excluding steroid dienone is 4. The van der Waals surface area contributed by atoms with E-state index in [0.29, 0.717) is 63.6 Å². The van der Waals surface area contributed by atoms with Crippen LogP contribution in [0.3, 0.4) is 0 Å². The van der Waals surface area contributed by atoms with Crippen LogP contribution in [0, 0.1) is 42.4 Å². The second-order valence-electron chi connectivity index (χ2n) is 22.6. The highest BCUT2D eigenvalue weighted by Crippen LogP contribution is 2.50. The number of aromatic nitrogens is 2. The highest BCUT2D eigenvalue weighted by molar-refractivity contribution is 6.34. The van der Waals surface area contributed by atoms with Gasteiger partial charge in [0, 0.05) is 119 Å². The monoisotopic (exact) mass is 1070 g/mol. The number of phenolic OH excluding ortho intramolecular Hbond substituents is 1. The number of rotatable bonds is 8. The van der Waals surface area contributed by atoms with E-state index in [9.17, 15) is 44.4 Å². The van der Waals surface area contributed by atoms with Crippen molar-refractivity contribution in [1.29, 1.82) is 0 Å². The molecule has 0 radical (unpaired) electrons. The van der Waals surface area contributed by atoms with Gasteiger partial charge in [0.25, 0.3) is 11.7 Å². The van der Waals surface area contributed by atoms with Crippen molar-refractivity contribution in [3.8, 4) is 11.5 Å². The number of aliphatic hydroxyl groups is 3. The summed E-state index contributed by atoms with van der Waals surface area (Å²) in [6, 6.07) is 0. The molecule has 2 fully saturated rings. The Kier molecular flexibility index (Phi) is 16.8. The number of nitrogens with zero attached hydrogens (tertiary/aromatic N) is 5. The summed E-state index contributed by atoms with van der Waals surface area (Å²) in [5, 5.41) is 53.0. The number of methoxy groups -OCH3 is 1. The van der Waals surface area contributed by atoms with Crippen LogP contribution in [0.5, 0.6) is 11.5 Å². The number of aryl methyl sites for hydroxylation is 1. The molecule has 6 N–H and O–H groups in total. The summed E-state index contributed by atoms with van der Waals surface area (Å²) in [5.74, 6) is -7.97. The van der Waals surface area contributed by atoms with Gasteiger partial charge in [0.15, 0.2) is 0 Å². The molecule has 77 heavy (non-hydrogen) atoms. The predicted molar refractivity (Wildman–Crippen MR) is 283 cm³/mol. The highest BCUT2D eigenvalue weighted by Gasteiger charge is 2.54. The average Bonchev–Trinajstić information content (AvgIpc) is 4.22. The summed E-state index contributed by atoms with van der Waals surface area (Å²) in [6.45, 7) is 18.6. The smallest absolute Gasteiger partial charge is 0.315 e. The van der Waals surface area contributed by atoms with Crippen LogP contribution in [-0.2, 0) is 35.6 Å². The van der Waals surface area contributed by atoms with E-state index in [-0.39, 0.29) is 56.6 Å². The number of hydrogen-bond acceptors (Lipinski definition) is 17. The Morgan fingerprint density at radius 2 is 1.62 bits per heavy atom. The molecule has 20 heteroatoms. The average molecular weight is 1070 g/mol. The van der Waals surface area contributed by atoms with E-state index in [1.165, 1.54) is 39.4 Å². The second kappa shape index (κ2) is 22.6. The second-order valence-corrected chi connectivity index (χ2v) is 22.6. The van der Waals surface area contributed by atoms with Gasteiger partial charge in [-0.3, -0.25) is 29.0 Å². The summed E-state index contributed by atoms with van der Waals surface area (Å²) in [4.78, 5) is 84.9. The number of hydrogen-bond donors (Lipinski definition) is 6. The number of benzene rings is 1. The molecule has 1 spiro atoms. The third-order valence-electron chi connectivity index (χ3n) is 16.7. The maximum Gasteiger partial charge on any atom is 0.315 e. The van der Waals surface area contributed by atoms with Crippen molar-refractivity contribution in [1.82, 2.24) is 30.0 Å². The largest absolute Gasteiger partial charge is 0.507 e. The van der Waals surface area contributed by atoms with Crippen molar-refractivity contribution in [2.24, 2.45) is 47.5 Å². The first kappa shape index (κ1) is 57.0. The molecule has 2 aromatic rings. The topological polar surface area (TPSA) is 264 Å². The summed E-state index contributed by atoms with van der Waals surface area (Å²) >= 11 is 0. The van der Waals surface area contributed by atoms with E-state index in [0.717, 1.165) is 6.54 Å². The Morgan fingerprint density at radius 1 is 0.935 bits per heavy atom. The van der Waals surface area contributed by atoms with Crippen LogP contribution in [-0.4, -0.2) is 151 Å².